The second-order valence-electron chi connectivity index (χ2n) is 4.27. The van der Waals surface area contributed by atoms with Crippen molar-refractivity contribution in [1.29, 1.82) is 0 Å². The van der Waals surface area contributed by atoms with E-state index < -0.39 is 11.8 Å². The lowest BCUT2D eigenvalue weighted by Gasteiger charge is -2.08. The Bertz CT molecular complexity index is 626. The Morgan fingerprint density at radius 1 is 1.14 bits per heavy atom. The van der Waals surface area contributed by atoms with Gasteiger partial charge in [0, 0.05) is 10.6 Å². The van der Waals surface area contributed by atoms with Crippen LogP contribution in [0.1, 0.15) is 15.9 Å². The molecule has 2 aromatic rings. The average molecular weight is 306 g/mol. The highest BCUT2D eigenvalue weighted by Gasteiger charge is 2.13. The minimum absolute atomic E-state index is 0.246. The summed E-state index contributed by atoms with van der Waals surface area (Å²) in [6.07, 6.45) is 0. The van der Waals surface area contributed by atoms with Gasteiger partial charge in [-0.3, -0.25) is 0 Å². The third-order valence-electron chi connectivity index (χ3n) is 2.90. The molecular weight excluding hydrogens is 291 g/mol. The molecular formula is C16H15FO3S. The zero-order valence-corrected chi connectivity index (χ0v) is 12.6. The first-order chi connectivity index (χ1) is 10.1. The van der Waals surface area contributed by atoms with Gasteiger partial charge in [-0.1, -0.05) is 12.1 Å². The van der Waals surface area contributed by atoms with E-state index in [1.165, 1.54) is 31.0 Å². The number of halogens is 1. The van der Waals surface area contributed by atoms with Crippen molar-refractivity contribution < 1.29 is 18.7 Å². The standard InChI is InChI=1S/C16H15FO3S/c1-19-13-6-3-11(4-7-13)10-21-15-8-5-12(17)9-14(15)16(18)20-2/h3-9H,10H2,1-2H3. The molecule has 5 heteroatoms. The molecule has 2 rings (SSSR count). The van der Waals surface area contributed by atoms with E-state index in [0.29, 0.717) is 10.6 Å². The summed E-state index contributed by atoms with van der Waals surface area (Å²) in [5.41, 5.74) is 1.33. The predicted octanol–water partition coefficient (Wildman–Crippen LogP) is 3.91. The Morgan fingerprint density at radius 2 is 1.86 bits per heavy atom. The molecule has 0 aliphatic heterocycles. The van der Waals surface area contributed by atoms with Gasteiger partial charge in [-0.05, 0) is 35.9 Å². The average Bonchev–Trinajstić information content (AvgIpc) is 2.53. The summed E-state index contributed by atoms with van der Waals surface area (Å²) in [5.74, 6) is 0.469. The van der Waals surface area contributed by atoms with Gasteiger partial charge < -0.3 is 9.47 Å². The van der Waals surface area contributed by atoms with Crippen LogP contribution in [0.25, 0.3) is 0 Å². The van der Waals surface area contributed by atoms with E-state index in [1.807, 2.05) is 24.3 Å². The second-order valence-corrected chi connectivity index (χ2v) is 5.29. The lowest BCUT2D eigenvalue weighted by molar-refractivity contribution is 0.0596. The normalized spacial score (nSPS) is 10.2. The van der Waals surface area contributed by atoms with Crippen LogP contribution in [0, 0.1) is 5.82 Å². The Labute approximate surface area is 127 Å². The first-order valence-electron chi connectivity index (χ1n) is 6.27. The molecule has 0 saturated heterocycles. The molecule has 21 heavy (non-hydrogen) atoms. The van der Waals surface area contributed by atoms with E-state index in [0.717, 1.165) is 11.3 Å². The maximum Gasteiger partial charge on any atom is 0.339 e. The van der Waals surface area contributed by atoms with Crippen LogP contribution in [0.15, 0.2) is 47.4 Å². The molecule has 3 nitrogen and oxygen atoms in total. The lowest BCUT2D eigenvalue weighted by atomic mass is 10.2. The highest BCUT2D eigenvalue weighted by Crippen LogP contribution is 2.28. The molecule has 0 aromatic heterocycles. The molecule has 2 aromatic carbocycles. The monoisotopic (exact) mass is 306 g/mol. The Hall–Kier alpha value is -2.01. The number of hydrogen-bond donors (Lipinski definition) is 0. The molecule has 0 fully saturated rings. The van der Waals surface area contributed by atoms with Crippen LogP contribution in [0.5, 0.6) is 5.75 Å². The Morgan fingerprint density at radius 3 is 2.48 bits per heavy atom. The molecule has 0 spiro atoms. The first-order valence-corrected chi connectivity index (χ1v) is 7.26. The number of benzene rings is 2. The van der Waals surface area contributed by atoms with E-state index in [4.69, 9.17) is 4.74 Å². The van der Waals surface area contributed by atoms with Crippen molar-refractivity contribution in [3.05, 3.63) is 59.4 Å². The van der Waals surface area contributed by atoms with Crippen LogP contribution in [0.4, 0.5) is 4.39 Å². The summed E-state index contributed by atoms with van der Waals surface area (Å²) in [6, 6.07) is 11.8. The minimum Gasteiger partial charge on any atom is -0.497 e. The summed E-state index contributed by atoms with van der Waals surface area (Å²) in [7, 11) is 2.90. The van der Waals surface area contributed by atoms with Crippen LogP contribution in [-0.2, 0) is 10.5 Å². The summed E-state index contributed by atoms with van der Waals surface area (Å²) in [4.78, 5) is 12.4. The molecule has 0 radical (unpaired) electrons. The number of esters is 1. The van der Waals surface area contributed by atoms with Gasteiger partial charge in [-0.15, -0.1) is 11.8 Å². The number of thioether (sulfide) groups is 1. The van der Waals surface area contributed by atoms with Gasteiger partial charge in [0.2, 0.25) is 0 Å². The van der Waals surface area contributed by atoms with Gasteiger partial charge in [0.15, 0.2) is 0 Å². The molecule has 0 amide bonds. The maximum absolute atomic E-state index is 13.3. The maximum atomic E-state index is 13.3. The molecule has 0 saturated carbocycles. The molecule has 0 aliphatic carbocycles. The van der Waals surface area contributed by atoms with Crippen LogP contribution in [0.2, 0.25) is 0 Å². The SMILES string of the molecule is COC(=O)c1cc(F)ccc1SCc1ccc(OC)cc1. The van der Waals surface area contributed by atoms with Crippen molar-refractivity contribution in [3.8, 4) is 5.75 Å². The number of methoxy groups -OCH3 is 2. The van der Waals surface area contributed by atoms with Gasteiger partial charge in [-0.2, -0.15) is 0 Å². The van der Waals surface area contributed by atoms with E-state index in [2.05, 4.69) is 4.74 Å². The lowest BCUT2D eigenvalue weighted by Crippen LogP contribution is -2.03. The van der Waals surface area contributed by atoms with Crippen LogP contribution in [0.3, 0.4) is 0 Å². The van der Waals surface area contributed by atoms with Crippen LogP contribution in [-0.4, -0.2) is 20.2 Å². The van der Waals surface area contributed by atoms with Crippen molar-refractivity contribution in [3.63, 3.8) is 0 Å². The van der Waals surface area contributed by atoms with Gasteiger partial charge >= 0.3 is 5.97 Å². The molecule has 0 atom stereocenters. The largest absolute Gasteiger partial charge is 0.497 e. The van der Waals surface area contributed by atoms with Gasteiger partial charge in [-0.25, -0.2) is 9.18 Å². The fraction of sp³-hybridized carbons (Fsp3) is 0.188. The molecule has 110 valence electrons. The number of rotatable bonds is 5. The smallest absolute Gasteiger partial charge is 0.339 e. The van der Waals surface area contributed by atoms with Gasteiger partial charge in [0.05, 0.1) is 19.8 Å². The Balaban J connectivity index is 2.13. The number of ether oxygens (including phenoxy) is 2. The number of hydrogen-bond acceptors (Lipinski definition) is 4. The molecule has 0 heterocycles. The van der Waals surface area contributed by atoms with Gasteiger partial charge in [0.25, 0.3) is 0 Å². The topological polar surface area (TPSA) is 35.5 Å². The summed E-state index contributed by atoms with van der Waals surface area (Å²) >= 11 is 1.46. The summed E-state index contributed by atoms with van der Waals surface area (Å²) < 4.78 is 23.0. The number of carbonyl (C=O) groups excluding carboxylic acids is 1. The molecule has 0 bridgehead atoms. The fourth-order valence-electron chi connectivity index (χ4n) is 1.78. The van der Waals surface area contributed by atoms with Gasteiger partial charge in [0.1, 0.15) is 11.6 Å². The zero-order valence-electron chi connectivity index (χ0n) is 11.8. The van der Waals surface area contributed by atoms with E-state index in [9.17, 15) is 9.18 Å². The zero-order chi connectivity index (χ0) is 15.2. The third-order valence-corrected chi connectivity index (χ3v) is 4.04. The van der Waals surface area contributed by atoms with E-state index in [1.54, 1.807) is 13.2 Å². The van der Waals surface area contributed by atoms with Crippen molar-refractivity contribution in [2.45, 2.75) is 10.6 Å². The highest BCUT2D eigenvalue weighted by molar-refractivity contribution is 7.98. The van der Waals surface area contributed by atoms with Crippen molar-refractivity contribution in [2.24, 2.45) is 0 Å². The van der Waals surface area contributed by atoms with Crippen LogP contribution < -0.4 is 4.74 Å². The van der Waals surface area contributed by atoms with E-state index in [-0.39, 0.29) is 5.56 Å². The van der Waals surface area contributed by atoms with Crippen LogP contribution >= 0.6 is 11.8 Å². The summed E-state index contributed by atoms with van der Waals surface area (Å²) in [6.45, 7) is 0. The fourth-order valence-corrected chi connectivity index (χ4v) is 2.76. The predicted molar refractivity (Wildman–Crippen MR) is 80.3 cm³/mol. The van der Waals surface area contributed by atoms with Crippen molar-refractivity contribution in [1.82, 2.24) is 0 Å². The summed E-state index contributed by atoms with van der Waals surface area (Å²) in [5, 5.41) is 0. The quantitative estimate of drug-likeness (QED) is 0.620. The Kier molecular flexibility index (Phi) is 5.22. The first kappa shape index (κ1) is 15.4. The molecule has 0 N–H and O–H groups in total. The van der Waals surface area contributed by atoms with E-state index >= 15 is 0 Å². The van der Waals surface area contributed by atoms with Crippen molar-refractivity contribution >= 4 is 17.7 Å². The second kappa shape index (κ2) is 7.13. The van der Waals surface area contributed by atoms with Crippen molar-refractivity contribution in [2.75, 3.05) is 14.2 Å². The number of carbonyl (C=O) groups is 1. The third kappa shape index (κ3) is 3.98. The molecule has 0 unspecified atom stereocenters. The molecule has 0 aliphatic rings. The highest BCUT2D eigenvalue weighted by atomic mass is 32.2. The minimum atomic E-state index is -0.535.